The number of hydrogen-bond acceptors (Lipinski definition) is 3. The van der Waals surface area contributed by atoms with Gasteiger partial charge < -0.3 is 5.11 Å². The zero-order valence-electron chi connectivity index (χ0n) is 11.8. The van der Waals surface area contributed by atoms with Crippen LogP contribution in [-0.4, -0.2) is 19.9 Å². The van der Waals surface area contributed by atoms with Gasteiger partial charge >= 0.3 is 0 Å². The van der Waals surface area contributed by atoms with E-state index in [1.165, 1.54) is 0 Å². The van der Waals surface area contributed by atoms with Gasteiger partial charge in [-0.25, -0.2) is 0 Å². The zero-order chi connectivity index (χ0) is 14.3. The van der Waals surface area contributed by atoms with Gasteiger partial charge in [0.2, 0.25) is 0 Å². The molecule has 0 fully saturated rings. The average Bonchev–Trinajstić information content (AvgIpc) is 2.71. The monoisotopic (exact) mass is 267 g/mol. The van der Waals surface area contributed by atoms with Crippen molar-refractivity contribution in [2.45, 2.75) is 20.0 Å². The molecule has 4 nitrogen and oxygen atoms in total. The van der Waals surface area contributed by atoms with Gasteiger partial charge in [0, 0.05) is 36.1 Å². The zero-order valence-corrected chi connectivity index (χ0v) is 11.8. The summed E-state index contributed by atoms with van der Waals surface area (Å²) in [5.74, 6) is 0. The van der Waals surface area contributed by atoms with Crippen LogP contribution in [0.1, 0.15) is 28.6 Å². The molecule has 1 unspecified atom stereocenters. The summed E-state index contributed by atoms with van der Waals surface area (Å²) in [6.45, 7) is 3.90. The van der Waals surface area contributed by atoms with E-state index in [0.29, 0.717) is 0 Å². The molecule has 2 heterocycles. The van der Waals surface area contributed by atoms with Crippen LogP contribution in [0.15, 0.2) is 36.7 Å². The van der Waals surface area contributed by atoms with Crippen molar-refractivity contribution in [3.05, 3.63) is 59.2 Å². The molecule has 1 aromatic carbocycles. The summed E-state index contributed by atoms with van der Waals surface area (Å²) >= 11 is 0. The lowest BCUT2D eigenvalue weighted by Gasteiger charge is -2.14. The molecule has 0 bridgehead atoms. The molecule has 20 heavy (non-hydrogen) atoms. The number of aryl methyl sites for hydroxylation is 2. The first-order valence-electron chi connectivity index (χ1n) is 6.60. The lowest BCUT2D eigenvalue weighted by molar-refractivity contribution is 0.220. The van der Waals surface area contributed by atoms with E-state index in [2.05, 4.69) is 10.1 Å². The molecule has 0 spiro atoms. The maximum atomic E-state index is 10.8. The van der Waals surface area contributed by atoms with Gasteiger partial charge in [0.05, 0.1) is 5.69 Å². The molecule has 0 amide bonds. The Bertz CT molecular complexity index is 771. The standard InChI is InChI=1S/C16H17N3O/c1-10-15(11(2)19(3)18-10)16(20)13-6-4-5-12-7-8-17-9-14(12)13/h4-9,16,20H,1-3H3. The Balaban J connectivity index is 2.20. The van der Waals surface area contributed by atoms with Crippen molar-refractivity contribution < 1.29 is 5.11 Å². The molecule has 1 atom stereocenters. The average molecular weight is 267 g/mol. The van der Waals surface area contributed by atoms with Crippen LogP contribution in [-0.2, 0) is 7.05 Å². The van der Waals surface area contributed by atoms with E-state index in [1.807, 2.05) is 45.2 Å². The summed E-state index contributed by atoms with van der Waals surface area (Å²) in [5, 5.41) is 17.2. The summed E-state index contributed by atoms with van der Waals surface area (Å²) < 4.78 is 1.80. The minimum atomic E-state index is -0.684. The fraction of sp³-hybridized carbons (Fsp3) is 0.250. The first kappa shape index (κ1) is 12.8. The van der Waals surface area contributed by atoms with E-state index in [4.69, 9.17) is 0 Å². The summed E-state index contributed by atoms with van der Waals surface area (Å²) in [6.07, 6.45) is 2.88. The van der Waals surface area contributed by atoms with Crippen LogP contribution in [0.25, 0.3) is 10.8 Å². The van der Waals surface area contributed by atoms with Crippen molar-refractivity contribution in [2.24, 2.45) is 7.05 Å². The van der Waals surface area contributed by atoms with Crippen LogP contribution >= 0.6 is 0 Å². The molecular weight excluding hydrogens is 250 g/mol. The van der Waals surface area contributed by atoms with Gasteiger partial charge in [0.25, 0.3) is 0 Å². The predicted octanol–water partition coefficient (Wildman–Crippen LogP) is 2.67. The third-order valence-corrected chi connectivity index (χ3v) is 3.85. The number of aliphatic hydroxyl groups excluding tert-OH is 1. The highest BCUT2D eigenvalue weighted by Crippen LogP contribution is 2.31. The number of pyridine rings is 1. The van der Waals surface area contributed by atoms with Crippen LogP contribution < -0.4 is 0 Å². The lowest BCUT2D eigenvalue weighted by atomic mass is 9.96. The van der Waals surface area contributed by atoms with Gasteiger partial charge in [0.15, 0.2) is 0 Å². The van der Waals surface area contributed by atoms with E-state index >= 15 is 0 Å². The number of aliphatic hydroxyl groups is 1. The molecular formula is C16H17N3O. The van der Waals surface area contributed by atoms with Crippen molar-refractivity contribution >= 4 is 10.8 Å². The topological polar surface area (TPSA) is 50.9 Å². The number of nitrogens with zero attached hydrogens (tertiary/aromatic N) is 3. The van der Waals surface area contributed by atoms with E-state index in [9.17, 15) is 5.11 Å². The number of aromatic nitrogens is 3. The van der Waals surface area contributed by atoms with Crippen LogP contribution in [0.5, 0.6) is 0 Å². The van der Waals surface area contributed by atoms with Crippen LogP contribution in [0, 0.1) is 13.8 Å². The fourth-order valence-electron chi connectivity index (χ4n) is 2.72. The molecule has 3 aromatic rings. The third kappa shape index (κ3) is 1.89. The Labute approximate surface area is 117 Å². The van der Waals surface area contributed by atoms with Crippen molar-refractivity contribution in [1.29, 1.82) is 0 Å². The van der Waals surface area contributed by atoms with Crippen molar-refractivity contribution in [1.82, 2.24) is 14.8 Å². The smallest absolute Gasteiger partial charge is 0.108 e. The number of hydrogen-bond donors (Lipinski definition) is 1. The van der Waals surface area contributed by atoms with Gasteiger partial charge in [-0.05, 0) is 30.9 Å². The quantitative estimate of drug-likeness (QED) is 0.776. The Morgan fingerprint density at radius 1 is 1.20 bits per heavy atom. The van der Waals surface area contributed by atoms with Crippen molar-refractivity contribution in [3.63, 3.8) is 0 Å². The van der Waals surface area contributed by atoms with E-state index in [0.717, 1.165) is 33.3 Å². The SMILES string of the molecule is Cc1nn(C)c(C)c1C(O)c1cccc2ccncc12. The van der Waals surface area contributed by atoms with Crippen molar-refractivity contribution in [2.75, 3.05) is 0 Å². The minimum Gasteiger partial charge on any atom is -0.383 e. The van der Waals surface area contributed by atoms with Gasteiger partial charge in [0.1, 0.15) is 6.10 Å². The molecule has 1 N–H and O–H groups in total. The lowest BCUT2D eigenvalue weighted by Crippen LogP contribution is -2.04. The third-order valence-electron chi connectivity index (χ3n) is 3.85. The molecule has 0 saturated carbocycles. The maximum absolute atomic E-state index is 10.8. The van der Waals surface area contributed by atoms with Crippen LogP contribution in [0.3, 0.4) is 0 Å². The normalized spacial score (nSPS) is 12.8. The summed E-state index contributed by atoms with van der Waals surface area (Å²) in [5.41, 5.74) is 3.59. The Morgan fingerprint density at radius 2 is 2.00 bits per heavy atom. The van der Waals surface area contributed by atoms with Gasteiger partial charge in [-0.15, -0.1) is 0 Å². The second-order valence-electron chi connectivity index (χ2n) is 5.05. The maximum Gasteiger partial charge on any atom is 0.108 e. The first-order valence-corrected chi connectivity index (χ1v) is 6.60. The fourth-order valence-corrected chi connectivity index (χ4v) is 2.72. The van der Waals surface area contributed by atoms with Crippen LogP contribution in [0.2, 0.25) is 0 Å². The summed E-state index contributed by atoms with van der Waals surface area (Å²) in [4.78, 5) is 4.17. The molecule has 0 saturated heterocycles. The van der Waals surface area contributed by atoms with Gasteiger partial charge in [-0.3, -0.25) is 9.67 Å². The molecule has 3 rings (SSSR count). The number of fused-ring (bicyclic) bond motifs is 1. The summed E-state index contributed by atoms with van der Waals surface area (Å²) in [6, 6.07) is 7.88. The Kier molecular flexibility index (Phi) is 3.03. The van der Waals surface area contributed by atoms with E-state index in [1.54, 1.807) is 17.1 Å². The van der Waals surface area contributed by atoms with Gasteiger partial charge in [-0.1, -0.05) is 18.2 Å². The molecule has 0 aliphatic carbocycles. The summed E-state index contributed by atoms with van der Waals surface area (Å²) in [7, 11) is 1.89. The van der Waals surface area contributed by atoms with Crippen molar-refractivity contribution in [3.8, 4) is 0 Å². The highest BCUT2D eigenvalue weighted by Gasteiger charge is 2.21. The molecule has 0 aliphatic heterocycles. The molecule has 102 valence electrons. The predicted molar refractivity (Wildman–Crippen MR) is 78.5 cm³/mol. The number of benzene rings is 1. The number of rotatable bonds is 2. The van der Waals surface area contributed by atoms with Crippen LogP contribution in [0.4, 0.5) is 0 Å². The van der Waals surface area contributed by atoms with E-state index < -0.39 is 6.10 Å². The molecule has 4 heteroatoms. The highest BCUT2D eigenvalue weighted by molar-refractivity contribution is 5.85. The molecule has 2 aromatic heterocycles. The highest BCUT2D eigenvalue weighted by atomic mass is 16.3. The Morgan fingerprint density at radius 3 is 2.70 bits per heavy atom. The second-order valence-corrected chi connectivity index (χ2v) is 5.05. The van der Waals surface area contributed by atoms with Gasteiger partial charge in [-0.2, -0.15) is 5.10 Å². The Hall–Kier alpha value is -2.20. The first-order chi connectivity index (χ1) is 9.59. The molecule has 0 aliphatic rings. The minimum absolute atomic E-state index is 0.684. The molecule has 0 radical (unpaired) electrons. The van der Waals surface area contributed by atoms with E-state index in [-0.39, 0.29) is 0 Å². The largest absolute Gasteiger partial charge is 0.383 e. The second kappa shape index (κ2) is 4.72.